The van der Waals surface area contributed by atoms with Gasteiger partial charge in [-0.3, -0.25) is 0 Å². The molecule has 1 aromatic heterocycles. The maximum Gasteiger partial charge on any atom is 0.348 e. The van der Waals surface area contributed by atoms with E-state index in [2.05, 4.69) is 4.98 Å². The molecule has 0 spiro atoms. The fourth-order valence-electron chi connectivity index (χ4n) is 1.45. The number of aryl methyl sites for hydroxylation is 1. The SMILES string of the molecule is Cc1nc(/C=C/c2ccccc2)c(C(=O)O)s1. The van der Waals surface area contributed by atoms with E-state index in [-0.39, 0.29) is 4.88 Å². The van der Waals surface area contributed by atoms with Gasteiger partial charge >= 0.3 is 5.97 Å². The molecule has 0 radical (unpaired) electrons. The first kappa shape index (κ1) is 11.5. The van der Waals surface area contributed by atoms with Gasteiger partial charge in [0.2, 0.25) is 0 Å². The van der Waals surface area contributed by atoms with Crippen LogP contribution in [-0.2, 0) is 0 Å². The van der Waals surface area contributed by atoms with E-state index in [0.717, 1.165) is 10.6 Å². The number of carbonyl (C=O) groups is 1. The average Bonchev–Trinajstić information content (AvgIpc) is 2.69. The van der Waals surface area contributed by atoms with Crippen LogP contribution in [0.5, 0.6) is 0 Å². The Balaban J connectivity index is 2.30. The van der Waals surface area contributed by atoms with Crippen molar-refractivity contribution in [3.05, 3.63) is 51.5 Å². The number of carboxylic acids is 1. The Bertz CT molecular complexity index is 558. The van der Waals surface area contributed by atoms with Crippen LogP contribution in [0.3, 0.4) is 0 Å². The first-order chi connectivity index (χ1) is 8.16. The van der Waals surface area contributed by atoms with Crippen molar-refractivity contribution in [1.82, 2.24) is 4.98 Å². The summed E-state index contributed by atoms with van der Waals surface area (Å²) in [5.41, 5.74) is 1.54. The number of aromatic nitrogens is 1. The van der Waals surface area contributed by atoms with E-state index in [9.17, 15) is 4.79 Å². The van der Waals surface area contributed by atoms with E-state index in [1.165, 1.54) is 11.3 Å². The zero-order valence-corrected chi connectivity index (χ0v) is 10.1. The Labute approximate surface area is 103 Å². The molecule has 0 saturated carbocycles. The molecule has 0 aliphatic heterocycles. The van der Waals surface area contributed by atoms with Gasteiger partial charge in [0, 0.05) is 0 Å². The molecule has 4 heteroatoms. The minimum Gasteiger partial charge on any atom is -0.477 e. The third-order valence-corrected chi connectivity index (χ3v) is 3.16. The molecule has 3 nitrogen and oxygen atoms in total. The lowest BCUT2D eigenvalue weighted by Gasteiger charge is -1.92. The zero-order chi connectivity index (χ0) is 12.3. The number of carboxylic acid groups (broad SMARTS) is 1. The summed E-state index contributed by atoms with van der Waals surface area (Å²) >= 11 is 1.20. The van der Waals surface area contributed by atoms with Crippen LogP contribution in [0, 0.1) is 6.92 Å². The first-order valence-electron chi connectivity index (χ1n) is 5.10. The highest BCUT2D eigenvalue weighted by Crippen LogP contribution is 2.20. The van der Waals surface area contributed by atoms with Crippen LogP contribution in [0.15, 0.2) is 30.3 Å². The molecule has 86 valence electrons. The van der Waals surface area contributed by atoms with Crippen molar-refractivity contribution in [2.24, 2.45) is 0 Å². The van der Waals surface area contributed by atoms with Gasteiger partial charge < -0.3 is 5.11 Å². The molecule has 1 heterocycles. The fraction of sp³-hybridized carbons (Fsp3) is 0.0769. The van der Waals surface area contributed by atoms with E-state index in [1.54, 1.807) is 13.0 Å². The molecule has 1 N–H and O–H groups in total. The summed E-state index contributed by atoms with van der Waals surface area (Å²) in [5.74, 6) is -0.927. The molecule has 0 amide bonds. The average molecular weight is 245 g/mol. The number of aromatic carboxylic acids is 1. The topological polar surface area (TPSA) is 50.2 Å². The fourth-order valence-corrected chi connectivity index (χ4v) is 2.19. The van der Waals surface area contributed by atoms with Crippen LogP contribution in [0.4, 0.5) is 0 Å². The van der Waals surface area contributed by atoms with E-state index in [0.29, 0.717) is 5.69 Å². The number of nitrogens with zero attached hydrogens (tertiary/aromatic N) is 1. The summed E-state index contributed by atoms with van der Waals surface area (Å²) in [5, 5.41) is 9.77. The molecule has 1 aromatic carbocycles. The van der Waals surface area contributed by atoms with Crippen LogP contribution in [0.2, 0.25) is 0 Å². The lowest BCUT2D eigenvalue weighted by molar-refractivity contribution is 0.0701. The van der Waals surface area contributed by atoms with Gasteiger partial charge in [-0.15, -0.1) is 11.3 Å². The third kappa shape index (κ3) is 2.79. The van der Waals surface area contributed by atoms with Crippen LogP contribution >= 0.6 is 11.3 Å². The van der Waals surface area contributed by atoms with Gasteiger partial charge in [0.1, 0.15) is 4.88 Å². The predicted octanol–water partition coefficient (Wildman–Crippen LogP) is 3.32. The summed E-state index contributed by atoms with van der Waals surface area (Å²) < 4.78 is 0. The molecular formula is C13H11NO2S. The third-order valence-electron chi connectivity index (χ3n) is 2.19. The summed E-state index contributed by atoms with van der Waals surface area (Å²) in [6.07, 6.45) is 3.60. The van der Waals surface area contributed by atoms with Gasteiger partial charge in [-0.05, 0) is 18.6 Å². The standard InChI is InChI=1S/C13H11NO2S/c1-9-14-11(12(17-9)13(15)16)8-7-10-5-3-2-4-6-10/h2-8H,1H3,(H,15,16)/b8-7+. The Morgan fingerprint density at radius 3 is 2.65 bits per heavy atom. The van der Waals surface area contributed by atoms with Gasteiger partial charge in [0.05, 0.1) is 10.7 Å². The Morgan fingerprint density at radius 1 is 1.29 bits per heavy atom. The summed E-state index contributed by atoms with van der Waals surface area (Å²) in [7, 11) is 0. The Hall–Kier alpha value is -1.94. The Kier molecular flexibility index (Phi) is 3.35. The molecule has 0 aliphatic rings. The van der Waals surface area contributed by atoms with Gasteiger partial charge in [-0.1, -0.05) is 36.4 Å². The smallest absolute Gasteiger partial charge is 0.348 e. The van der Waals surface area contributed by atoms with Crippen LogP contribution < -0.4 is 0 Å². The minimum atomic E-state index is -0.927. The van der Waals surface area contributed by atoms with E-state index in [1.807, 2.05) is 36.4 Å². The van der Waals surface area contributed by atoms with Gasteiger partial charge in [0.25, 0.3) is 0 Å². The number of hydrogen-bond donors (Lipinski definition) is 1. The summed E-state index contributed by atoms with van der Waals surface area (Å²) in [4.78, 5) is 15.5. The highest BCUT2D eigenvalue weighted by Gasteiger charge is 2.12. The number of rotatable bonds is 3. The van der Waals surface area contributed by atoms with Crippen LogP contribution in [-0.4, -0.2) is 16.1 Å². The van der Waals surface area contributed by atoms with Gasteiger partial charge in [0.15, 0.2) is 0 Å². The maximum absolute atomic E-state index is 11.0. The molecule has 2 aromatic rings. The lowest BCUT2D eigenvalue weighted by atomic mass is 10.2. The monoisotopic (exact) mass is 245 g/mol. The van der Waals surface area contributed by atoms with Crippen molar-refractivity contribution in [3.8, 4) is 0 Å². The molecule has 0 unspecified atom stereocenters. The molecular weight excluding hydrogens is 234 g/mol. The highest BCUT2D eigenvalue weighted by atomic mass is 32.1. The Morgan fingerprint density at radius 2 is 2.00 bits per heavy atom. The largest absolute Gasteiger partial charge is 0.477 e. The molecule has 17 heavy (non-hydrogen) atoms. The zero-order valence-electron chi connectivity index (χ0n) is 9.25. The van der Waals surface area contributed by atoms with Gasteiger partial charge in [-0.25, -0.2) is 9.78 Å². The van der Waals surface area contributed by atoms with Crippen LogP contribution in [0.25, 0.3) is 12.2 Å². The molecule has 0 aliphatic carbocycles. The minimum absolute atomic E-state index is 0.287. The highest BCUT2D eigenvalue weighted by molar-refractivity contribution is 7.13. The maximum atomic E-state index is 11.0. The predicted molar refractivity (Wildman–Crippen MR) is 69.2 cm³/mol. The molecule has 2 rings (SSSR count). The lowest BCUT2D eigenvalue weighted by Crippen LogP contribution is -1.94. The molecule has 0 atom stereocenters. The second-order valence-corrected chi connectivity index (χ2v) is 4.70. The number of thiazole rings is 1. The summed E-state index contributed by atoms with van der Waals surface area (Å²) in [6.45, 7) is 1.80. The second-order valence-electron chi connectivity index (χ2n) is 3.50. The van der Waals surface area contributed by atoms with Crippen molar-refractivity contribution in [2.75, 3.05) is 0 Å². The van der Waals surface area contributed by atoms with Crippen molar-refractivity contribution >= 4 is 29.5 Å². The first-order valence-corrected chi connectivity index (χ1v) is 5.92. The van der Waals surface area contributed by atoms with Crippen molar-refractivity contribution in [3.63, 3.8) is 0 Å². The summed E-state index contributed by atoms with van der Waals surface area (Å²) in [6, 6.07) is 9.72. The second kappa shape index (κ2) is 4.93. The number of benzene rings is 1. The van der Waals surface area contributed by atoms with Crippen molar-refractivity contribution < 1.29 is 9.90 Å². The quantitative estimate of drug-likeness (QED) is 0.902. The molecule has 0 fully saturated rings. The van der Waals surface area contributed by atoms with Crippen molar-refractivity contribution in [2.45, 2.75) is 6.92 Å². The van der Waals surface area contributed by atoms with Crippen LogP contribution in [0.1, 0.15) is 25.9 Å². The van der Waals surface area contributed by atoms with Gasteiger partial charge in [-0.2, -0.15) is 0 Å². The normalized spacial score (nSPS) is 10.9. The molecule has 0 bridgehead atoms. The number of hydrogen-bond acceptors (Lipinski definition) is 3. The molecule has 0 saturated heterocycles. The van der Waals surface area contributed by atoms with E-state index in [4.69, 9.17) is 5.11 Å². The van der Waals surface area contributed by atoms with E-state index >= 15 is 0 Å². The van der Waals surface area contributed by atoms with Crippen molar-refractivity contribution in [1.29, 1.82) is 0 Å². The van der Waals surface area contributed by atoms with E-state index < -0.39 is 5.97 Å².